The van der Waals surface area contributed by atoms with Crippen LogP contribution in [0.5, 0.6) is 11.5 Å². The maximum Gasteiger partial charge on any atom is 0.408 e. The number of amides is 15. The molecule has 10 N–H and O–H groups in total. The van der Waals surface area contributed by atoms with Crippen molar-refractivity contribution in [3.05, 3.63) is 102 Å². The smallest absolute Gasteiger partial charge is 0.408 e. The number of benzene rings is 3. The Hall–Kier alpha value is -12.1. The summed E-state index contributed by atoms with van der Waals surface area (Å²) in [4.78, 5) is 229. The summed E-state index contributed by atoms with van der Waals surface area (Å²) in [5.74, 6) is -13.1. The fourth-order valence-electron chi connectivity index (χ4n) is 13.7. The monoisotopic (exact) mass is 1590 g/mol. The number of carbonyl (C=O) groups excluding carboxylic acids is 15. The number of ether oxygens (including phenoxy) is 2. The first-order chi connectivity index (χ1) is 54.3. The molecule has 3 aromatic carbocycles. The van der Waals surface area contributed by atoms with Gasteiger partial charge in [0.1, 0.15) is 66.3 Å². The number of hydrogen-bond donors (Lipinski definition) is 10. The summed E-state index contributed by atoms with van der Waals surface area (Å²) in [6.07, 6.45) is 1.08. The molecule has 0 spiro atoms. The maximum atomic E-state index is 15.4. The fraction of sp³-hybridized carbons (Fsp3) is 0.512. The molecule has 620 valence electrons. The van der Waals surface area contributed by atoms with Gasteiger partial charge in [0.2, 0.25) is 70.9 Å². The van der Waals surface area contributed by atoms with E-state index in [-0.39, 0.29) is 49.9 Å². The third-order valence-corrected chi connectivity index (χ3v) is 20.0. The molecule has 35 heteroatoms. The Labute approximate surface area is 667 Å². The predicted molar refractivity (Wildman–Crippen MR) is 421 cm³/mol. The second-order valence-corrected chi connectivity index (χ2v) is 31.1. The number of rotatable bonds is 15. The molecule has 2 aromatic heterocycles. The number of nitrogens with zero attached hydrogens (tertiary/aromatic N) is 8. The lowest BCUT2D eigenvalue weighted by molar-refractivity contribution is -0.146. The van der Waals surface area contributed by atoms with Gasteiger partial charge in [-0.2, -0.15) is 0 Å². The number of aromatic nitrogens is 2. The SMILES string of the molecule is CC(C)[C@H](NC(=O)OC(C)(C)C)C(=O)N[C@@H](C)C(=O)Nc1ccc(COc2cc3ccccc3nc2C(=O)N[C@@H]2CNC(=O)[C@H](C(C)C)N(C)C(=O)CN(C)C(=O)CNC(=O)[C@@H]3CCCCN3C(=O)[C@H](NC(=O)c3nc4ccccc4cc3O)CNC(=O)[C@H](C(C)C)N(C)C(=O)CN(C)C(=O)CNC(=O)[C@@H]3CCCCN3C2=O)cc1. The molecule has 5 aromatic rings. The number of aromatic hydroxyl groups is 1. The first kappa shape index (κ1) is 88.5. The molecule has 3 aliphatic rings. The molecule has 5 heterocycles. The fourth-order valence-corrected chi connectivity index (χ4v) is 13.7. The van der Waals surface area contributed by atoms with Crippen LogP contribution in [-0.2, 0) is 68.9 Å². The van der Waals surface area contributed by atoms with E-state index < -0.39 is 205 Å². The average molecular weight is 1590 g/mol. The van der Waals surface area contributed by atoms with Crippen LogP contribution in [0.3, 0.4) is 0 Å². The predicted octanol–water partition coefficient (Wildman–Crippen LogP) is 2.08. The number of likely N-dealkylation sites (N-methyl/N-ethyl adjacent to an activating group) is 4. The molecule has 3 fully saturated rings. The van der Waals surface area contributed by atoms with Gasteiger partial charge in [-0.1, -0.05) is 90.1 Å². The van der Waals surface area contributed by atoms with Gasteiger partial charge in [0.05, 0.1) is 37.2 Å². The van der Waals surface area contributed by atoms with Gasteiger partial charge >= 0.3 is 6.09 Å². The Bertz CT molecular complexity index is 4470. The number of piperidine rings is 2. The van der Waals surface area contributed by atoms with E-state index in [1.54, 1.807) is 141 Å². The summed E-state index contributed by atoms with van der Waals surface area (Å²) in [6, 6.07) is 12.4. The minimum absolute atomic E-state index is 0.0123. The van der Waals surface area contributed by atoms with Crippen LogP contribution < -0.4 is 52.6 Å². The van der Waals surface area contributed by atoms with Crippen LogP contribution in [0.25, 0.3) is 21.8 Å². The van der Waals surface area contributed by atoms with Gasteiger partial charge in [0.25, 0.3) is 11.8 Å². The maximum absolute atomic E-state index is 15.4. The van der Waals surface area contributed by atoms with Gasteiger partial charge in [0, 0.05) is 70.8 Å². The summed E-state index contributed by atoms with van der Waals surface area (Å²) < 4.78 is 11.7. The topological polar surface area (TPSA) is 448 Å². The molecule has 35 nitrogen and oxygen atoms in total. The number of carbonyl (C=O) groups is 15. The van der Waals surface area contributed by atoms with Crippen LogP contribution >= 0.6 is 0 Å². The molecule has 8 rings (SSSR count). The zero-order chi connectivity index (χ0) is 84.4. The minimum atomic E-state index is -1.68. The highest BCUT2D eigenvalue weighted by Crippen LogP contribution is 2.28. The molecule has 15 amide bonds. The molecule has 0 aliphatic carbocycles. The number of alkyl carbamates (subject to hydrolysis) is 1. The number of para-hydroxylation sites is 2. The Morgan fingerprint density at radius 2 is 1.00 bits per heavy atom. The summed E-state index contributed by atoms with van der Waals surface area (Å²) in [6.45, 7) is 12.6. The van der Waals surface area contributed by atoms with E-state index >= 15 is 9.59 Å². The quantitative estimate of drug-likeness (QED) is 0.0717. The zero-order valence-electron chi connectivity index (χ0n) is 67.5. The van der Waals surface area contributed by atoms with E-state index in [1.165, 1.54) is 51.0 Å². The standard InChI is InChI=1S/C80H107N17O18/c1-44(2)64(91-79(113)115-80(8,9)10)72(106)85-47(7)69(103)86-51-31-29-48(30-32-51)43-114-59-36-50-24-16-18-26-53(50)88-66(59)74(108)90-55-38-82-76(110)68(46(5)6)95(14)63(102)42-93(12)60(99)39-83-70(104)56-27-19-21-33-96(56)77(111)54(89-73(107)65-58(98)35-49-23-15-17-25-52(49)87-65)37-81-75(109)67(45(3)4)94(13)62(101)41-92(11)61(100)40-84-71(105)57-28-20-22-34-97(57)78(55)112/h15-18,23-26,29-32,35-36,44-47,54-57,64,67-68,98H,19-22,27-28,33-34,37-43H2,1-14H3,(H,81,109)(H,82,110)(H,83,104)(H,84,105)(H,85,106)(H,86,103)(H,89,107)(H,90,108)(H,91,113)/t47-,54+,55+,56-,57-,64-,67-,68-/m0/s1. The summed E-state index contributed by atoms with van der Waals surface area (Å²) in [5, 5.41) is 36.0. The van der Waals surface area contributed by atoms with Crippen molar-refractivity contribution in [2.75, 3.05) is 85.9 Å². The third-order valence-electron chi connectivity index (χ3n) is 20.0. The van der Waals surface area contributed by atoms with Crippen LogP contribution in [0.4, 0.5) is 10.5 Å². The molecule has 0 saturated carbocycles. The van der Waals surface area contributed by atoms with Gasteiger partial charge in [0.15, 0.2) is 17.1 Å². The average Bonchev–Trinajstić information content (AvgIpc) is 0.798. The largest absolute Gasteiger partial charge is 0.505 e. The molecule has 3 saturated heterocycles. The van der Waals surface area contributed by atoms with E-state index in [9.17, 15) is 67.4 Å². The Balaban J connectivity index is 1.04. The molecule has 8 atom stereocenters. The van der Waals surface area contributed by atoms with Crippen LogP contribution in [0.1, 0.15) is 134 Å². The summed E-state index contributed by atoms with van der Waals surface area (Å²) >= 11 is 0. The van der Waals surface area contributed by atoms with Crippen molar-refractivity contribution in [1.82, 2.24) is 81.9 Å². The lowest BCUT2D eigenvalue weighted by Crippen LogP contribution is -2.61. The summed E-state index contributed by atoms with van der Waals surface area (Å²) in [5.41, 5.74) is 0.0132. The highest BCUT2D eigenvalue weighted by atomic mass is 16.6. The number of nitrogens with one attached hydrogen (secondary N) is 9. The molecule has 3 aliphatic heterocycles. The number of fused-ring (bicyclic) bond motifs is 4. The lowest BCUT2D eigenvalue weighted by atomic mass is 9.99. The van der Waals surface area contributed by atoms with Crippen molar-refractivity contribution >= 4 is 116 Å². The second kappa shape index (κ2) is 39.6. The van der Waals surface area contributed by atoms with Crippen molar-refractivity contribution < 1.29 is 86.5 Å². The van der Waals surface area contributed by atoms with Gasteiger partial charge in [-0.15, -0.1) is 0 Å². The van der Waals surface area contributed by atoms with Crippen molar-refractivity contribution in [3.8, 4) is 11.5 Å². The summed E-state index contributed by atoms with van der Waals surface area (Å²) in [7, 11) is 5.27. The number of hydrogen-bond acceptors (Lipinski definition) is 20. The Morgan fingerprint density at radius 3 is 1.46 bits per heavy atom. The first-order valence-corrected chi connectivity index (χ1v) is 38.5. The minimum Gasteiger partial charge on any atom is -0.505 e. The van der Waals surface area contributed by atoms with Crippen LogP contribution in [0.2, 0.25) is 0 Å². The molecule has 0 radical (unpaired) electrons. The van der Waals surface area contributed by atoms with E-state index in [1.807, 2.05) is 0 Å². The van der Waals surface area contributed by atoms with Crippen molar-refractivity contribution in [2.24, 2.45) is 17.8 Å². The van der Waals surface area contributed by atoms with E-state index in [4.69, 9.17) is 9.47 Å². The lowest BCUT2D eigenvalue weighted by Gasteiger charge is -2.37. The van der Waals surface area contributed by atoms with Crippen molar-refractivity contribution in [2.45, 2.75) is 168 Å². The van der Waals surface area contributed by atoms with Gasteiger partial charge in [-0.25, -0.2) is 14.8 Å². The van der Waals surface area contributed by atoms with Crippen LogP contribution in [0.15, 0.2) is 84.9 Å². The second-order valence-electron chi connectivity index (χ2n) is 31.1. The van der Waals surface area contributed by atoms with Gasteiger partial charge < -0.3 is 91.8 Å². The zero-order valence-corrected chi connectivity index (χ0v) is 67.5. The first-order valence-electron chi connectivity index (χ1n) is 38.5. The number of anilines is 1. The van der Waals surface area contributed by atoms with Crippen molar-refractivity contribution in [3.63, 3.8) is 0 Å². The Kier molecular flexibility index (Phi) is 30.5. The molecular formula is C80H107N17O18. The van der Waals surface area contributed by atoms with Crippen molar-refractivity contribution in [1.29, 1.82) is 0 Å². The van der Waals surface area contributed by atoms with E-state index in [2.05, 4.69) is 57.8 Å². The highest BCUT2D eigenvalue weighted by molar-refractivity contribution is 6.04. The van der Waals surface area contributed by atoms with Gasteiger partial charge in [-0.3, -0.25) is 67.1 Å². The van der Waals surface area contributed by atoms with E-state index in [0.717, 1.165) is 19.6 Å². The Morgan fingerprint density at radius 1 is 0.548 bits per heavy atom. The normalized spacial score (nSPS) is 20.9. The molecule has 0 bridgehead atoms. The molecule has 115 heavy (non-hydrogen) atoms. The number of pyridine rings is 2. The third kappa shape index (κ3) is 23.5. The van der Waals surface area contributed by atoms with E-state index in [0.29, 0.717) is 58.7 Å². The van der Waals surface area contributed by atoms with Crippen LogP contribution in [-0.4, -0.2) is 268 Å². The molecule has 0 unspecified atom stereocenters. The van der Waals surface area contributed by atoms with Crippen LogP contribution in [0, 0.1) is 17.8 Å². The van der Waals surface area contributed by atoms with Gasteiger partial charge in [-0.05, 0) is 126 Å². The molecular weight excluding hydrogens is 1490 g/mol. The highest BCUT2D eigenvalue weighted by Gasteiger charge is 2.42.